The molecule has 0 aromatic heterocycles. The Hall–Kier alpha value is -9.82. The number of rotatable bonds is 10. The first kappa shape index (κ1) is 44.8. The topological polar surface area (TPSA) is 3.24 Å². The number of para-hydroxylation sites is 1. The molecule has 1 nitrogen and oxygen atoms in total. The normalized spacial score (nSPS) is 12.3. The van der Waals surface area contributed by atoms with Gasteiger partial charge in [0.1, 0.15) is 0 Å². The van der Waals surface area contributed by atoms with Crippen LogP contribution < -0.4 is 4.90 Å². The van der Waals surface area contributed by atoms with Crippen molar-refractivity contribution < 1.29 is 0 Å². The molecule has 356 valence electrons. The summed E-state index contributed by atoms with van der Waals surface area (Å²) in [6.07, 6.45) is 0. The lowest BCUT2D eigenvalue weighted by molar-refractivity contribution is 0.768. The van der Waals surface area contributed by atoms with E-state index in [4.69, 9.17) is 0 Å². The molecule has 0 amide bonds. The minimum atomic E-state index is -0.559. The van der Waals surface area contributed by atoms with Crippen LogP contribution in [0, 0.1) is 0 Å². The minimum absolute atomic E-state index is 0.559. The van der Waals surface area contributed by atoms with Crippen molar-refractivity contribution in [2.75, 3.05) is 4.90 Å². The standard InChI is InChI=1S/C75H51N/c1-6-23-52(24-7-1)53-41-43-54(44-42-53)55-45-48-61(49-46-55)76(71-40-22-38-69-74(71)66-36-18-20-37-68(66)75(69,59-29-12-4-13-30-59)60-31-14-5-15-32-60)70-39-21-19-33-62(70)58-47-50-64-63-34-16-17-35-65(63)72(56-25-8-2-9-26-56)73(67(64)51-58)57-27-10-3-11-28-57/h1-51H. The Morgan fingerprint density at radius 1 is 0.224 bits per heavy atom. The van der Waals surface area contributed by atoms with E-state index in [1.807, 2.05) is 0 Å². The summed E-state index contributed by atoms with van der Waals surface area (Å²) in [7, 11) is 0. The van der Waals surface area contributed by atoms with E-state index >= 15 is 0 Å². The number of benzene rings is 13. The first-order chi connectivity index (χ1) is 37.7. The summed E-state index contributed by atoms with van der Waals surface area (Å²) in [6.45, 7) is 0. The van der Waals surface area contributed by atoms with Gasteiger partial charge < -0.3 is 4.90 Å². The van der Waals surface area contributed by atoms with Crippen LogP contribution in [-0.4, -0.2) is 0 Å². The lowest BCUT2D eigenvalue weighted by Crippen LogP contribution is -2.28. The maximum atomic E-state index is 2.53. The molecular weight excluding hydrogens is 915 g/mol. The zero-order valence-corrected chi connectivity index (χ0v) is 41.9. The summed E-state index contributed by atoms with van der Waals surface area (Å²) < 4.78 is 0. The predicted octanol–water partition coefficient (Wildman–Crippen LogP) is 20.2. The quantitative estimate of drug-likeness (QED) is 0.123. The molecule has 0 atom stereocenters. The van der Waals surface area contributed by atoms with Gasteiger partial charge in [-0.15, -0.1) is 0 Å². The molecule has 1 heteroatoms. The average Bonchev–Trinajstić information content (AvgIpc) is 4.04. The highest BCUT2D eigenvalue weighted by molar-refractivity contribution is 6.22. The molecule has 0 saturated carbocycles. The van der Waals surface area contributed by atoms with Gasteiger partial charge in [-0.25, -0.2) is 0 Å². The Morgan fingerprint density at radius 2 is 0.632 bits per heavy atom. The van der Waals surface area contributed by atoms with E-state index in [0.717, 1.165) is 33.8 Å². The zero-order chi connectivity index (χ0) is 50.4. The molecular formula is C75H51N. The number of nitrogens with zero attached hydrogens (tertiary/aromatic N) is 1. The second-order valence-corrected chi connectivity index (χ2v) is 19.9. The van der Waals surface area contributed by atoms with E-state index < -0.39 is 5.41 Å². The molecule has 0 spiro atoms. The fourth-order valence-corrected chi connectivity index (χ4v) is 12.4. The second kappa shape index (κ2) is 18.9. The number of hydrogen-bond donors (Lipinski definition) is 0. The van der Waals surface area contributed by atoms with Crippen LogP contribution in [0.25, 0.3) is 88.3 Å². The van der Waals surface area contributed by atoms with Gasteiger partial charge in [-0.05, 0) is 130 Å². The smallest absolute Gasteiger partial charge is 0.0714 e. The Morgan fingerprint density at radius 3 is 1.24 bits per heavy atom. The van der Waals surface area contributed by atoms with Crippen LogP contribution in [-0.2, 0) is 5.41 Å². The maximum absolute atomic E-state index is 2.53. The molecule has 14 rings (SSSR count). The fourth-order valence-electron chi connectivity index (χ4n) is 12.4. The van der Waals surface area contributed by atoms with Crippen molar-refractivity contribution in [3.05, 3.63) is 332 Å². The summed E-state index contributed by atoms with van der Waals surface area (Å²) in [5, 5.41) is 4.94. The van der Waals surface area contributed by atoms with Gasteiger partial charge >= 0.3 is 0 Å². The Kier molecular flexibility index (Phi) is 11.2. The van der Waals surface area contributed by atoms with Crippen molar-refractivity contribution >= 4 is 38.6 Å². The van der Waals surface area contributed by atoms with E-state index in [0.29, 0.717) is 0 Å². The molecule has 0 fully saturated rings. The van der Waals surface area contributed by atoms with Gasteiger partial charge in [-0.1, -0.05) is 279 Å². The molecule has 0 heterocycles. The Labute approximate surface area is 444 Å². The van der Waals surface area contributed by atoms with Gasteiger partial charge in [0.15, 0.2) is 0 Å². The Bertz CT molecular complexity index is 4180. The largest absolute Gasteiger partial charge is 0.309 e. The van der Waals surface area contributed by atoms with Crippen LogP contribution in [0.4, 0.5) is 17.1 Å². The molecule has 13 aromatic rings. The molecule has 1 aliphatic rings. The molecule has 76 heavy (non-hydrogen) atoms. The van der Waals surface area contributed by atoms with E-state index in [1.165, 1.54) is 93.9 Å². The SMILES string of the molecule is c1ccc(-c2ccc(-c3ccc(N(c4ccccc4-c4ccc5c(c4)c(-c4ccccc4)c(-c4ccccc4)c4ccccc45)c4cccc5c4-c4ccccc4C5(c4ccccc4)c4ccccc4)cc3)cc2)cc1. The summed E-state index contributed by atoms with van der Waals surface area (Å²) in [4.78, 5) is 2.53. The van der Waals surface area contributed by atoms with Crippen LogP contribution in [0.3, 0.4) is 0 Å². The van der Waals surface area contributed by atoms with Crippen molar-refractivity contribution in [1.82, 2.24) is 0 Å². The number of hydrogen-bond acceptors (Lipinski definition) is 1. The number of fused-ring (bicyclic) bond motifs is 6. The van der Waals surface area contributed by atoms with Crippen LogP contribution in [0.5, 0.6) is 0 Å². The van der Waals surface area contributed by atoms with Crippen molar-refractivity contribution in [1.29, 1.82) is 0 Å². The third-order valence-corrected chi connectivity index (χ3v) is 15.8. The summed E-state index contributed by atoms with van der Waals surface area (Å²) >= 11 is 0. The van der Waals surface area contributed by atoms with E-state index in [-0.39, 0.29) is 0 Å². The highest BCUT2D eigenvalue weighted by atomic mass is 15.1. The zero-order valence-electron chi connectivity index (χ0n) is 41.9. The molecule has 0 unspecified atom stereocenters. The summed E-state index contributed by atoms with van der Waals surface area (Å²) in [5.41, 5.74) is 22.1. The average molecular weight is 966 g/mol. The fraction of sp³-hybridized carbons (Fsp3) is 0.0133. The number of anilines is 3. The van der Waals surface area contributed by atoms with Crippen molar-refractivity contribution in [2.24, 2.45) is 0 Å². The van der Waals surface area contributed by atoms with Gasteiger partial charge in [0.2, 0.25) is 0 Å². The molecule has 1 aliphatic carbocycles. The summed E-state index contributed by atoms with van der Waals surface area (Å²) in [5.74, 6) is 0. The van der Waals surface area contributed by atoms with E-state index in [9.17, 15) is 0 Å². The minimum Gasteiger partial charge on any atom is -0.309 e. The van der Waals surface area contributed by atoms with Crippen LogP contribution in [0.1, 0.15) is 22.3 Å². The van der Waals surface area contributed by atoms with Crippen molar-refractivity contribution in [2.45, 2.75) is 5.41 Å². The van der Waals surface area contributed by atoms with Crippen LogP contribution >= 0.6 is 0 Å². The highest BCUT2D eigenvalue weighted by Gasteiger charge is 2.47. The van der Waals surface area contributed by atoms with Gasteiger partial charge in [0.05, 0.1) is 16.8 Å². The molecule has 0 radical (unpaired) electrons. The second-order valence-electron chi connectivity index (χ2n) is 19.9. The third-order valence-electron chi connectivity index (χ3n) is 15.8. The van der Waals surface area contributed by atoms with E-state index in [1.54, 1.807) is 0 Å². The highest BCUT2D eigenvalue weighted by Crippen LogP contribution is 2.60. The third kappa shape index (κ3) is 7.39. The maximum Gasteiger partial charge on any atom is 0.0714 e. The summed E-state index contributed by atoms with van der Waals surface area (Å²) in [6, 6.07) is 114. The monoisotopic (exact) mass is 965 g/mol. The molecule has 0 saturated heterocycles. The molecule has 0 N–H and O–H groups in total. The first-order valence-corrected chi connectivity index (χ1v) is 26.3. The Balaban J connectivity index is 1.01. The van der Waals surface area contributed by atoms with Crippen molar-refractivity contribution in [3.63, 3.8) is 0 Å². The molecule has 13 aromatic carbocycles. The van der Waals surface area contributed by atoms with Gasteiger partial charge in [0, 0.05) is 16.8 Å². The van der Waals surface area contributed by atoms with Gasteiger partial charge in [-0.2, -0.15) is 0 Å². The van der Waals surface area contributed by atoms with Crippen LogP contribution in [0.2, 0.25) is 0 Å². The van der Waals surface area contributed by atoms with Gasteiger partial charge in [0.25, 0.3) is 0 Å². The van der Waals surface area contributed by atoms with Gasteiger partial charge in [-0.3, -0.25) is 0 Å². The van der Waals surface area contributed by atoms with E-state index in [2.05, 4.69) is 314 Å². The molecule has 0 aliphatic heterocycles. The first-order valence-electron chi connectivity index (χ1n) is 26.3. The van der Waals surface area contributed by atoms with Crippen LogP contribution in [0.15, 0.2) is 309 Å². The lowest BCUT2D eigenvalue weighted by Gasteiger charge is -2.34. The predicted molar refractivity (Wildman–Crippen MR) is 321 cm³/mol. The molecule has 0 bridgehead atoms. The van der Waals surface area contributed by atoms with Crippen molar-refractivity contribution in [3.8, 4) is 66.8 Å². The lowest BCUT2D eigenvalue weighted by atomic mass is 9.68.